The van der Waals surface area contributed by atoms with Gasteiger partial charge in [0, 0.05) is 0 Å². The highest BCUT2D eigenvalue weighted by Gasteiger charge is 2.65. The molecule has 2 heteroatoms. The van der Waals surface area contributed by atoms with Crippen LogP contribution in [-0.4, -0.2) is 13.1 Å². The Labute approximate surface area is 66.2 Å². The minimum Gasteiger partial charge on any atom is -0.468 e. The number of carbonyl (C=O) groups is 1. The van der Waals surface area contributed by atoms with Crippen LogP contribution in [0.5, 0.6) is 0 Å². The zero-order chi connectivity index (χ0) is 8.06. The van der Waals surface area contributed by atoms with Crippen molar-refractivity contribution in [1.29, 1.82) is 0 Å². The highest BCUT2D eigenvalue weighted by Crippen LogP contribution is 2.66. The number of fused-ring (bicyclic) bond motifs is 1. The van der Waals surface area contributed by atoms with E-state index in [-0.39, 0.29) is 11.4 Å². The van der Waals surface area contributed by atoms with E-state index in [2.05, 4.69) is 6.58 Å². The molecule has 0 amide bonds. The number of methoxy groups -OCH3 is 1. The summed E-state index contributed by atoms with van der Waals surface area (Å²) < 4.78 is 4.75. The quantitative estimate of drug-likeness (QED) is 0.420. The third-order valence-electron chi connectivity index (χ3n) is 3.08. The Morgan fingerprint density at radius 2 is 2.55 bits per heavy atom. The van der Waals surface area contributed by atoms with Crippen molar-refractivity contribution in [1.82, 2.24) is 0 Å². The molecule has 2 nitrogen and oxygen atoms in total. The summed E-state index contributed by atoms with van der Waals surface area (Å²) >= 11 is 0. The lowest BCUT2D eigenvalue weighted by atomic mass is 9.99. The Kier molecular flexibility index (Phi) is 1.17. The molecular weight excluding hydrogens is 140 g/mol. The lowest BCUT2D eigenvalue weighted by Gasteiger charge is -2.10. The smallest absolute Gasteiger partial charge is 0.316 e. The standard InChI is InChI=1S/C9H12O2/c1-6-3-4-7-5-9(6,7)8(10)11-2/h7H,1,3-5H2,2H3. The number of hydrogen-bond donors (Lipinski definition) is 0. The van der Waals surface area contributed by atoms with Crippen molar-refractivity contribution in [3.05, 3.63) is 12.2 Å². The Balaban J connectivity index is 2.24. The van der Waals surface area contributed by atoms with Crippen LogP contribution in [0.4, 0.5) is 0 Å². The fraction of sp³-hybridized carbons (Fsp3) is 0.667. The second-order valence-electron chi connectivity index (χ2n) is 3.51. The molecule has 2 unspecified atom stereocenters. The van der Waals surface area contributed by atoms with Crippen molar-refractivity contribution >= 4 is 5.97 Å². The van der Waals surface area contributed by atoms with E-state index in [4.69, 9.17) is 4.74 Å². The van der Waals surface area contributed by atoms with Crippen LogP contribution >= 0.6 is 0 Å². The molecule has 0 spiro atoms. The topological polar surface area (TPSA) is 26.3 Å². The summed E-state index contributed by atoms with van der Waals surface area (Å²) in [5, 5.41) is 0. The van der Waals surface area contributed by atoms with Crippen LogP contribution in [0.25, 0.3) is 0 Å². The summed E-state index contributed by atoms with van der Waals surface area (Å²) in [7, 11) is 1.46. The Bertz CT molecular complexity index is 232. The lowest BCUT2D eigenvalue weighted by molar-refractivity contribution is -0.145. The minimum atomic E-state index is -0.227. The molecule has 0 bridgehead atoms. The van der Waals surface area contributed by atoms with Crippen molar-refractivity contribution in [3.63, 3.8) is 0 Å². The van der Waals surface area contributed by atoms with Crippen molar-refractivity contribution < 1.29 is 9.53 Å². The number of esters is 1. The molecule has 2 aliphatic rings. The average Bonchev–Trinajstić information content (AvgIpc) is 2.68. The van der Waals surface area contributed by atoms with Crippen LogP contribution < -0.4 is 0 Å². The van der Waals surface area contributed by atoms with Crippen molar-refractivity contribution in [3.8, 4) is 0 Å². The van der Waals surface area contributed by atoms with E-state index in [1.807, 2.05) is 0 Å². The first-order valence-corrected chi connectivity index (χ1v) is 3.98. The maximum atomic E-state index is 11.3. The van der Waals surface area contributed by atoms with Crippen LogP contribution in [-0.2, 0) is 9.53 Å². The molecule has 0 aliphatic heterocycles. The lowest BCUT2D eigenvalue weighted by Crippen LogP contribution is -2.18. The molecule has 0 aromatic heterocycles. The van der Waals surface area contributed by atoms with Crippen molar-refractivity contribution in [2.24, 2.45) is 11.3 Å². The summed E-state index contributed by atoms with van der Waals surface area (Å²) in [6.07, 6.45) is 3.13. The van der Waals surface area contributed by atoms with Gasteiger partial charge in [0.25, 0.3) is 0 Å². The molecule has 0 aromatic carbocycles. The van der Waals surface area contributed by atoms with Gasteiger partial charge in [0.1, 0.15) is 0 Å². The predicted molar refractivity (Wildman–Crippen MR) is 40.9 cm³/mol. The van der Waals surface area contributed by atoms with E-state index in [0.717, 1.165) is 24.8 Å². The van der Waals surface area contributed by atoms with Crippen LogP contribution in [0.15, 0.2) is 12.2 Å². The fourth-order valence-electron chi connectivity index (χ4n) is 2.26. The summed E-state index contributed by atoms with van der Waals surface area (Å²) in [6, 6.07) is 0. The van der Waals surface area contributed by atoms with Gasteiger partial charge in [0.2, 0.25) is 0 Å². The zero-order valence-corrected chi connectivity index (χ0v) is 6.72. The van der Waals surface area contributed by atoms with Gasteiger partial charge in [-0.25, -0.2) is 0 Å². The first kappa shape index (κ1) is 6.89. The third-order valence-corrected chi connectivity index (χ3v) is 3.08. The van der Waals surface area contributed by atoms with Gasteiger partial charge < -0.3 is 4.74 Å². The van der Waals surface area contributed by atoms with Gasteiger partial charge in [-0.15, -0.1) is 0 Å². The van der Waals surface area contributed by atoms with Crippen LogP contribution in [0.3, 0.4) is 0 Å². The van der Waals surface area contributed by atoms with Crippen molar-refractivity contribution in [2.75, 3.05) is 7.11 Å². The van der Waals surface area contributed by atoms with E-state index in [1.165, 1.54) is 7.11 Å². The predicted octanol–water partition coefficient (Wildman–Crippen LogP) is 1.52. The first-order chi connectivity index (χ1) is 5.21. The second kappa shape index (κ2) is 1.87. The van der Waals surface area contributed by atoms with Gasteiger partial charge in [0.05, 0.1) is 12.5 Å². The van der Waals surface area contributed by atoms with Gasteiger partial charge in [0.15, 0.2) is 0 Å². The molecule has 2 fully saturated rings. The maximum Gasteiger partial charge on any atom is 0.316 e. The van der Waals surface area contributed by atoms with Gasteiger partial charge in [-0.05, 0) is 25.2 Å². The van der Waals surface area contributed by atoms with Gasteiger partial charge in [-0.2, -0.15) is 0 Å². The van der Waals surface area contributed by atoms with Crippen LogP contribution in [0.2, 0.25) is 0 Å². The average molecular weight is 152 g/mol. The number of hydrogen-bond acceptors (Lipinski definition) is 2. The fourth-order valence-corrected chi connectivity index (χ4v) is 2.26. The van der Waals surface area contributed by atoms with Crippen LogP contribution in [0.1, 0.15) is 19.3 Å². The number of carbonyl (C=O) groups excluding carboxylic acids is 1. The molecule has 0 aromatic rings. The summed E-state index contributed by atoms with van der Waals surface area (Å²) in [5.74, 6) is 0.493. The Hall–Kier alpha value is -0.790. The minimum absolute atomic E-state index is 0.0648. The summed E-state index contributed by atoms with van der Waals surface area (Å²) in [4.78, 5) is 11.3. The molecule has 11 heavy (non-hydrogen) atoms. The molecule has 2 atom stereocenters. The number of ether oxygens (including phenoxy) is 1. The SMILES string of the molecule is C=C1CCC2CC12C(=O)OC. The van der Waals surface area contributed by atoms with E-state index < -0.39 is 0 Å². The third kappa shape index (κ3) is 0.647. The Morgan fingerprint density at radius 1 is 1.82 bits per heavy atom. The number of rotatable bonds is 1. The molecule has 0 N–H and O–H groups in total. The maximum absolute atomic E-state index is 11.3. The highest BCUT2D eigenvalue weighted by atomic mass is 16.5. The molecule has 0 heterocycles. The van der Waals surface area contributed by atoms with Gasteiger partial charge >= 0.3 is 5.97 Å². The molecule has 2 saturated carbocycles. The molecule has 2 aliphatic carbocycles. The van der Waals surface area contributed by atoms with Gasteiger partial charge in [-0.3, -0.25) is 4.79 Å². The Morgan fingerprint density at radius 3 is 2.91 bits per heavy atom. The molecule has 0 saturated heterocycles. The highest BCUT2D eigenvalue weighted by molar-refractivity contribution is 5.85. The van der Waals surface area contributed by atoms with E-state index in [9.17, 15) is 4.79 Å². The summed E-state index contributed by atoms with van der Waals surface area (Å²) in [6.45, 7) is 3.92. The van der Waals surface area contributed by atoms with Crippen LogP contribution in [0, 0.1) is 11.3 Å². The summed E-state index contributed by atoms with van der Waals surface area (Å²) in [5.41, 5.74) is 0.865. The van der Waals surface area contributed by atoms with Crippen molar-refractivity contribution in [2.45, 2.75) is 19.3 Å². The monoisotopic (exact) mass is 152 g/mol. The largest absolute Gasteiger partial charge is 0.468 e. The normalized spacial score (nSPS) is 40.1. The zero-order valence-electron chi connectivity index (χ0n) is 6.72. The molecular formula is C9H12O2. The molecule has 60 valence electrons. The van der Waals surface area contributed by atoms with E-state index in [1.54, 1.807) is 0 Å². The van der Waals surface area contributed by atoms with Gasteiger partial charge in [-0.1, -0.05) is 12.2 Å². The second-order valence-corrected chi connectivity index (χ2v) is 3.51. The first-order valence-electron chi connectivity index (χ1n) is 3.98. The molecule has 2 rings (SSSR count). The molecule has 0 radical (unpaired) electrons. The van der Waals surface area contributed by atoms with E-state index >= 15 is 0 Å². The van der Waals surface area contributed by atoms with E-state index in [0.29, 0.717) is 5.92 Å².